The molecule has 0 atom stereocenters. The van der Waals surface area contributed by atoms with E-state index in [1.807, 2.05) is 24.3 Å². The van der Waals surface area contributed by atoms with Gasteiger partial charge in [-0.2, -0.15) is 10.1 Å². The van der Waals surface area contributed by atoms with E-state index in [-0.39, 0.29) is 12.2 Å². The number of aromatic nitrogens is 4. The molecule has 3 aromatic rings. The Morgan fingerprint density at radius 1 is 1.25 bits per heavy atom. The fraction of sp³-hybridized carbons (Fsp3) is 0.312. The van der Waals surface area contributed by atoms with Crippen LogP contribution in [0.15, 0.2) is 28.8 Å². The molecular weight excluding hydrogens is 310 g/mol. The highest BCUT2D eigenvalue weighted by molar-refractivity contribution is 5.54. The van der Waals surface area contributed by atoms with E-state index in [0.717, 1.165) is 12.0 Å². The highest BCUT2D eigenvalue weighted by atomic mass is 16.6. The third kappa shape index (κ3) is 2.90. The van der Waals surface area contributed by atoms with E-state index in [1.165, 1.54) is 10.2 Å². The van der Waals surface area contributed by atoms with Crippen molar-refractivity contribution in [1.29, 1.82) is 0 Å². The number of nitrogens with zero attached hydrogens (tertiary/aromatic N) is 5. The lowest BCUT2D eigenvalue weighted by Crippen LogP contribution is -2.04. The largest absolute Gasteiger partial charge is 0.337 e. The van der Waals surface area contributed by atoms with E-state index < -0.39 is 4.92 Å². The molecule has 0 saturated carbocycles. The van der Waals surface area contributed by atoms with Crippen LogP contribution in [0.1, 0.15) is 29.8 Å². The first kappa shape index (κ1) is 15.9. The monoisotopic (exact) mass is 327 g/mol. The zero-order valence-electron chi connectivity index (χ0n) is 13.7. The van der Waals surface area contributed by atoms with Crippen LogP contribution in [0.25, 0.3) is 11.4 Å². The first-order valence-electron chi connectivity index (χ1n) is 7.60. The molecule has 3 rings (SSSR count). The number of hydrogen-bond donors (Lipinski definition) is 0. The lowest BCUT2D eigenvalue weighted by atomic mass is 10.1. The normalized spacial score (nSPS) is 11.0. The highest BCUT2D eigenvalue weighted by Gasteiger charge is 2.22. The maximum absolute atomic E-state index is 11.1. The Labute approximate surface area is 138 Å². The Kier molecular flexibility index (Phi) is 4.11. The van der Waals surface area contributed by atoms with Crippen molar-refractivity contribution in [3.05, 3.63) is 57.2 Å². The van der Waals surface area contributed by atoms with E-state index in [0.29, 0.717) is 23.1 Å². The third-order valence-electron chi connectivity index (χ3n) is 3.90. The Morgan fingerprint density at radius 2 is 1.96 bits per heavy atom. The molecule has 0 radical (unpaired) electrons. The van der Waals surface area contributed by atoms with Crippen LogP contribution in [0.2, 0.25) is 0 Å². The first-order valence-corrected chi connectivity index (χ1v) is 7.60. The predicted octanol–water partition coefficient (Wildman–Crippen LogP) is 3.07. The van der Waals surface area contributed by atoms with Gasteiger partial charge in [0.15, 0.2) is 0 Å². The molecule has 2 aromatic heterocycles. The number of rotatable bonds is 5. The van der Waals surface area contributed by atoms with E-state index >= 15 is 0 Å². The number of hydrogen-bond acceptors (Lipinski definition) is 6. The van der Waals surface area contributed by atoms with Crippen LogP contribution in [-0.4, -0.2) is 24.8 Å². The third-order valence-corrected chi connectivity index (χ3v) is 3.90. The maximum Gasteiger partial charge on any atom is 0.312 e. The van der Waals surface area contributed by atoms with Gasteiger partial charge in [0.25, 0.3) is 0 Å². The maximum atomic E-state index is 11.1. The molecule has 24 heavy (non-hydrogen) atoms. The summed E-state index contributed by atoms with van der Waals surface area (Å²) in [4.78, 5) is 15.0. The van der Waals surface area contributed by atoms with E-state index in [1.54, 1.807) is 13.8 Å². The molecule has 0 saturated heterocycles. The Balaban J connectivity index is 1.84. The lowest BCUT2D eigenvalue weighted by Gasteiger charge is -1.98. The highest BCUT2D eigenvalue weighted by Crippen LogP contribution is 2.23. The zero-order valence-corrected chi connectivity index (χ0v) is 13.7. The zero-order chi connectivity index (χ0) is 17.3. The molecule has 124 valence electrons. The SMILES string of the molecule is CCc1ccc(-c2noc(Cn3nc(C)c([N+](=O)[O-])c3C)n2)cc1. The van der Waals surface area contributed by atoms with Gasteiger partial charge in [0, 0.05) is 5.56 Å². The molecule has 2 heterocycles. The first-order chi connectivity index (χ1) is 11.5. The van der Waals surface area contributed by atoms with Crippen molar-refractivity contribution < 1.29 is 9.45 Å². The molecule has 0 spiro atoms. The lowest BCUT2D eigenvalue weighted by molar-refractivity contribution is -0.386. The van der Waals surface area contributed by atoms with Crippen molar-refractivity contribution in [1.82, 2.24) is 19.9 Å². The van der Waals surface area contributed by atoms with Gasteiger partial charge in [-0.05, 0) is 25.8 Å². The summed E-state index contributed by atoms with van der Waals surface area (Å²) in [7, 11) is 0. The Bertz CT molecular complexity index is 880. The molecule has 0 amide bonds. The number of benzene rings is 1. The second kappa shape index (κ2) is 6.23. The van der Waals surface area contributed by atoms with Crippen molar-refractivity contribution in [3.8, 4) is 11.4 Å². The van der Waals surface area contributed by atoms with Gasteiger partial charge in [-0.15, -0.1) is 0 Å². The summed E-state index contributed by atoms with van der Waals surface area (Å²) in [5.74, 6) is 0.841. The fourth-order valence-electron chi connectivity index (χ4n) is 2.56. The molecule has 0 unspecified atom stereocenters. The molecule has 0 aliphatic rings. The summed E-state index contributed by atoms with van der Waals surface area (Å²) in [6.45, 7) is 5.55. The average Bonchev–Trinajstić information content (AvgIpc) is 3.13. The minimum absolute atomic E-state index is 0.0184. The molecule has 8 nitrogen and oxygen atoms in total. The van der Waals surface area contributed by atoms with Crippen LogP contribution in [-0.2, 0) is 13.0 Å². The summed E-state index contributed by atoms with van der Waals surface area (Å²) in [6, 6.07) is 7.94. The molecule has 0 fully saturated rings. The summed E-state index contributed by atoms with van der Waals surface area (Å²) in [6.07, 6.45) is 0.967. The molecule has 0 aliphatic heterocycles. The molecule has 0 N–H and O–H groups in total. The van der Waals surface area contributed by atoms with Gasteiger partial charge in [0.2, 0.25) is 11.7 Å². The second-order valence-corrected chi connectivity index (χ2v) is 5.50. The smallest absolute Gasteiger partial charge is 0.312 e. The minimum atomic E-state index is -0.428. The summed E-state index contributed by atoms with van der Waals surface area (Å²) in [5, 5.41) is 19.2. The van der Waals surface area contributed by atoms with Crippen LogP contribution < -0.4 is 0 Å². The van der Waals surface area contributed by atoms with E-state index in [2.05, 4.69) is 22.2 Å². The van der Waals surface area contributed by atoms with Crippen LogP contribution in [0, 0.1) is 24.0 Å². The molecule has 0 bridgehead atoms. The summed E-state index contributed by atoms with van der Waals surface area (Å²) in [5.41, 5.74) is 2.95. The van der Waals surface area contributed by atoms with E-state index in [4.69, 9.17) is 4.52 Å². The molecule has 1 aromatic carbocycles. The van der Waals surface area contributed by atoms with Crippen molar-refractivity contribution in [3.63, 3.8) is 0 Å². The Morgan fingerprint density at radius 3 is 2.54 bits per heavy atom. The van der Waals surface area contributed by atoms with Gasteiger partial charge in [-0.25, -0.2) is 0 Å². The summed E-state index contributed by atoms with van der Waals surface area (Å²) >= 11 is 0. The van der Waals surface area contributed by atoms with Gasteiger partial charge in [0.05, 0.1) is 4.92 Å². The van der Waals surface area contributed by atoms with Gasteiger partial charge in [-0.1, -0.05) is 36.3 Å². The Hall–Kier alpha value is -3.03. The molecule has 0 aliphatic carbocycles. The van der Waals surface area contributed by atoms with Gasteiger partial charge in [0.1, 0.15) is 17.9 Å². The standard InChI is InChI=1S/C16H17N5O3/c1-4-12-5-7-13(8-6-12)16-17-14(24-19-16)9-20-11(3)15(21(22)23)10(2)18-20/h5-8H,4,9H2,1-3H3. The van der Waals surface area contributed by atoms with Gasteiger partial charge in [-0.3, -0.25) is 14.8 Å². The number of aryl methyl sites for hydroxylation is 2. The van der Waals surface area contributed by atoms with Crippen LogP contribution in [0.4, 0.5) is 5.69 Å². The van der Waals surface area contributed by atoms with Gasteiger partial charge < -0.3 is 4.52 Å². The predicted molar refractivity (Wildman–Crippen MR) is 86.6 cm³/mol. The minimum Gasteiger partial charge on any atom is -0.337 e. The van der Waals surface area contributed by atoms with Crippen LogP contribution in [0.5, 0.6) is 0 Å². The summed E-state index contributed by atoms with van der Waals surface area (Å²) < 4.78 is 6.76. The van der Waals surface area contributed by atoms with Crippen molar-refractivity contribution in [2.45, 2.75) is 33.7 Å². The van der Waals surface area contributed by atoms with Crippen LogP contribution in [0.3, 0.4) is 0 Å². The van der Waals surface area contributed by atoms with Crippen LogP contribution >= 0.6 is 0 Å². The molecular formula is C16H17N5O3. The average molecular weight is 327 g/mol. The van der Waals surface area contributed by atoms with Crippen molar-refractivity contribution >= 4 is 5.69 Å². The molecule has 8 heteroatoms. The van der Waals surface area contributed by atoms with Crippen molar-refractivity contribution in [2.75, 3.05) is 0 Å². The van der Waals surface area contributed by atoms with E-state index in [9.17, 15) is 10.1 Å². The fourth-order valence-corrected chi connectivity index (χ4v) is 2.56. The quantitative estimate of drug-likeness (QED) is 0.527. The number of nitro groups is 1. The topological polar surface area (TPSA) is 99.9 Å². The second-order valence-electron chi connectivity index (χ2n) is 5.50. The van der Waals surface area contributed by atoms with Crippen molar-refractivity contribution in [2.24, 2.45) is 0 Å². The van der Waals surface area contributed by atoms with Gasteiger partial charge >= 0.3 is 5.69 Å².